The molecule has 2 rings (SSSR count). The third-order valence-electron chi connectivity index (χ3n) is 3.91. The van der Waals surface area contributed by atoms with Gasteiger partial charge in [-0.05, 0) is 30.4 Å². The first kappa shape index (κ1) is 13.3. The van der Waals surface area contributed by atoms with Crippen LogP contribution in [0.4, 0.5) is 0 Å². The van der Waals surface area contributed by atoms with Crippen molar-refractivity contribution < 1.29 is 4.74 Å². The van der Waals surface area contributed by atoms with Crippen molar-refractivity contribution in [2.75, 3.05) is 7.11 Å². The van der Waals surface area contributed by atoms with Gasteiger partial charge in [-0.15, -0.1) is 0 Å². The van der Waals surface area contributed by atoms with Crippen molar-refractivity contribution in [1.29, 1.82) is 0 Å². The number of hydrogen-bond donors (Lipinski definition) is 2. The van der Waals surface area contributed by atoms with Crippen LogP contribution in [0.1, 0.15) is 50.1 Å². The molecule has 1 unspecified atom stereocenters. The lowest BCUT2D eigenvalue weighted by atomic mass is 9.96. The van der Waals surface area contributed by atoms with Crippen LogP contribution in [-0.4, -0.2) is 12.1 Å². The minimum Gasteiger partial charge on any atom is -0.495 e. The Balaban J connectivity index is 1.93. The summed E-state index contributed by atoms with van der Waals surface area (Å²) in [6.07, 6.45) is 11.4. The number of nitrogens with one attached hydrogen (secondary N) is 1. The van der Waals surface area contributed by atoms with Crippen molar-refractivity contribution in [3.05, 3.63) is 24.0 Å². The number of aromatic nitrogens is 1. The summed E-state index contributed by atoms with van der Waals surface area (Å²) in [6, 6.07) is 2.18. The molecule has 18 heavy (non-hydrogen) atoms. The molecular weight excluding hydrogens is 226 g/mol. The highest BCUT2D eigenvalue weighted by Crippen LogP contribution is 2.31. The summed E-state index contributed by atoms with van der Waals surface area (Å²) in [5.74, 6) is 7.34. The van der Waals surface area contributed by atoms with Gasteiger partial charge in [0.25, 0.3) is 0 Å². The summed E-state index contributed by atoms with van der Waals surface area (Å²) in [6.45, 7) is 0. The summed E-state index contributed by atoms with van der Waals surface area (Å²) < 4.78 is 5.20. The number of pyridine rings is 1. The number of hydrazine groups is 1. The lowest BCUT2D eigenvalue weighted by Crippen LogP contribution is -2.28. The fourth-order valence-corrected chi connectivity index (χ4v) is 2.79. The van der Waals surface area contributed by atoms with Crippen LogP contribution < -0.4 is 16.0 Å². The second-order valence-corrected chi connectivity index (χ2v) is 5.11. The molecule has 0 radical (unpaired) electrons. The van der Waals surface area contributed by atoms with Crippen LogP contribution in [0.5, 0.6) is 5.75 Å². The SMILES string of the molecule is COc1cncc(C(CCC2CCCC2)NN)c1. The third kappa shape index (κ3) is 3.43. The van der Waals surface area contributed by atoms with Crippen LogP contribution in [-0.2, 0) is 0 Å². The van der Waals surface area contributed by atoms with Crippen LogP contribution in [0.15, 0.2) is 18.5 Å². The summed E-state index contributed by atoms with van der Waals surface area (Å²) in [5.41, 5.74) is 4.00. The third-order valence-corrected chi connectivity index (χ3v) is 3.91. The first-order valence-corrected chi connectivity index (χ1v) is 6.78. The molecule has 0 aliphatic heterocycles. The average Bonchev–Trinajstić information content (AvgIpc) is 2.93. The molecule has 0 aromatic carbocycles. The molecule has 3 N–H and O–H groups in total. The Morgan fingerprint density at radius 1 is 1.44 bits per heavy atom. The molecule has 100 valence electrons. The van der Waals surface area contributed by atoms with E-state index >= 15 is 0 Å². The first-order valence-electron chi connectivity index (χ1n) is 6.78. The zero-order valence-electron chi connectivity index (χ0n) is 11.1. The Kier molecular flexibility index (Phi) is 4.96. The molecular formula is C14H23N3O. The molecule has 1 fully saturated rings. The molecule has 1 aromatic heterocycles. The van der Waals surface area contributed by atoms with Gasteiger partial charge >= 0.3 is 0 Å². The van der Waals surface area contributed by atoms with E-state index in [9.17, 15) is 0 Å². The van der Waals surface area contributed by atoms with Crippen LogP contribution in [0.25, 0.3) is 0 Å². The van der Waals surface area contributed by atoms with Crippen molar-refractivity contribution in [3.63, 3.8) is 0 Å². The number of hydrogen-bond acceptors (Lipinski definition) is 4. The predicted octanol–water partition coefficient (Wildman–Crippen LogP) is 2.57. The van der Waals surface area contributed by atoms with E-state index in [4.69, 9.17) is 10.6 Å². The van der Waals surface area contributed by atoms with E-state index < -0.39 is 0 Å². The monoisotopic (exact) mass is 249 g/mol. The molecule has 1 saturated carbocycles. The Morgan fingerprint density at radius 3 is 2.89 bits per heavy atom. The van der Waals surface area contributed by atoms with Gasteiger partial charge in [-0.2, -0.15) is 0 Å². The van der Waals surface area contributed by atoms with Gasteiger partial charge in [-0.25, -0.2) is 0 Å². The molecule has 4 nitrogen and oxygen atoms in total. The minimum absolute atomic E-state index is 0.174. The summed E-state index contributed by atoms with van der Waals surface area (Å²) in [4.78, 5) is 4.18. The Bertz CT molecular complexity index is 364. The highest BCUT2D eigenvalue weighted by molar-refractivity contribution is 5.25. The maximum atomic E-state index is 5.66. The molecule has 1 aromatic rings. The molecule has 1 atom stereocenters. The fraction of sp³-hybridized carbons (Fsp3) is 0.643. The quantitative estimate of drug-likeness (QED) is 0.601. The van der Waals surface area contributed by atoms with Crippen molar-refractivity contribution in [1.82, 2.24) is 10.4 Å². The molecule has 4 heteroatoms. The highest BCUT2D eigenvalue weighted by Gasteiger charge is 2.18. The smallest absolute Gasteiger partial charge is 0.137 e. The zero-order chi connectivity index (χ0) is 12.8. The van der Waals surface area contributed by atoms with Gasteiger partial charge in [0.1, 0.15) is 5.75 Å². The maximum absolute atomic E-state index is 5.66. The van der Waals surface area contributed by atoms with E-state index in [0.29, 0.717) is 0 Å². The standard InChI is InChI=1S/C14H23N3O/c1-18-13-8-12(9-16-10-13)14(17-15)7-6-11-4-2-3-5-11/h8-11,14,17H,2-7,15H2,1H3. The minimum atomic E-state index is 0.174. The van der Waals surface area contributed by atoms with E-state index in [1.54, 1.807) is 13.3 Å². The van der Waals surface area contributed by atoms with Gasteiger partial charge in [-0.3, -0.25) is 16.3 Å². The van der Waals surface area contributed by atoms with E-state index in [0.717, 1.165) is 23.7 Å². The molecule has 1 aliphatic rings. The van der Waals surface area contributed by atoms with E-state index in [1.165, 1.54) is 32.1 Å². The van der Waals surface area contributed by atoms with Gasteiger partial charge in [0.15, 0.2) is 0 Å². The molecule has 0 saturated heterocycles. The van der Waals surface area contributed by atoms with Crippen LogP contribution >= 0.6 is 0 Å². The van der Waals surface area contributed by atoms with Crippen molar-refractivity contribution in [3.8, 4) is 5.75 Å². The number of rotatable bonds is 6. The number of nitrogens with two attached hydrogens (primary N) is 1. The topological polar surface area (TPSA) is 60.2 Å². The lowest BCUT2D eigenvalue weighted by Gasteiger charge is -2.18. The molecule has 0 spiro atoms. The molecule has 0 amide bonds. The van der Waals surface area contributed by atoms with Gasteiger partial charge in [-0.1, -0.05) is 25.7 Å². The van der Waals surface area contributed by atoms with Crippen molar-refractivity contribution >= 4 is 0 Å². The lowest BCUT2D eigenvalue weighted by molar-refractivity contribution is 0.402. The van der Waals surface area contributed by atoms with Crippen molar-refractivity contribution in [2.45, 2.75) is 44.6 Å². The van der Waals surface area contributed by atoms with E-state index in [-0.39, 0.29) is 6.04 Å². The van der Waals surface area contributed by atoms with Gasteiger partial charge < -0.3 is 4.74 Å². The second-order valence-electron chi connectivity index (χ2n) is 5.11. The largest absolute Gasteiger partial charge is 0.495 e. The van der Waals surface area contributed by atoms with Gasteiger partial charge in [0, 0.05) is 12.2 Å². The Labute approximate surface area is 109 Å². The molecule has 1 heterocycles. The number of nitrogens with zero attached hydrogens (tertiary/aromatic N) is 1. The average molecular weight is 249 g/mol. The summed E-state index contributed by atoms with van der Waals surface area (Å²) in [7, 11) is 1.66. The summed E-state index contributed by atoms with van der Waals surface area (Å²) >= 11 is 0. The fourth-order valence-electron chi connectivity index (χ4n) is 2.79. The summed E-state index contributed by atoms with van der Waals surface area (Å²) in [5, 5.41) is 0. The Hall–Kier alpha value is -1.13. The maximum Gasteiger partial charge on any atom is 0.137 e. The van der Waals surface area contributed by atoms with Gasteiger partial charge in [0.05, 0.1) is 13.3 Å². The normalized spacial score (nSPS) is 17.9. The highest BCUT2D eigenvalue weighted by atomic mass is 16.5. The zero-order valence-corrected chi connectivity index (χ0v) is 11.1. The van der Waals surface area contributed by atoms with E-state index in [2.05, 4.69) is 10.4 Å². The van der Waals surface area contributed by atoms with Gasteiger partial charge in [0.2, 0.25) is 0 Å². The van der Waals surface area contributed by atoms with Crippen molar-refractivity contribution in [2.24, 2.45) is 11.8 Å². The number of ether oxygens (including phenoxy) is 1. The number of methoxy groups -OCH3 is 1. The van der Waals surface area contributed by atoms with Crippen LogP contribution in [0.3, 0.4) is 0 Å². The first-order chi connectivity index (χ1) is 8.83. The molecule has 1 aliphatic carbocycles. The van der Waals surface area contributed by atoms with Crippen LogP contribution in [0, 0.1) is 5.92 Å². The predicted molar refractivity (Wildman–Crippen MR) is 72.0 cm³/mol. The second kappa shape index (κ2) is 6.71. The Morgan fingerprint density at radius 2 is 2.22 bits per heavy atom. The van der Waals surface area contributed by atoms with E-state index in [1.807, 2.05) is 12.3 Å². The van der Waals surface area contributed by atoms with Crippen LogP contribution in [0.2, 0.25) is 0 Å². The molecule has 0 bridgehead atoms.